The number of ether oxygens (including phenoxy) is 1. The van der Waals surface area contributed by atoms with E-state index in [1.807, 2.05) is 53.4 Å². The average Bonchev–Trinajstić information content (AvgIpc) is 3.23. The number of likely N-dealkylation sites (tertiary alicyclic amines) is 1. The Kier molecular flexibility index (Phi) is 8.52. The number of halogens is 1. The number of thiophene rings is 1. The molecule has 0 aliphatic carbocycles. The van der Waals surface area contributed by atoms with Gasteiger partial charge in [0.2, 0.25) is 0 Å². The van der Waals surface area contributed by atoms with Crippen LogP contribution in [0.3, 0.4) is 0 Å². The Balaban J connectivity index is 1.37. The molecule has 2 aromatic carbocycles. The summed E-state index contributed by atoms with van der Waals surface area (Å²) in [6, 6.07) is 17.3. The fourth-order valence-electron chi connectivity index (χ4n) is 4.08. The van der Waals surface area contributed by atoms with Gasteiger partial charge in [-0.2, -0.15) is 0 Å². The molecule has 3 aromatic rings. The number of amides is 2. The summed E-state index contributed by atoms with van der Waals surface area (Å²) in [6.07, 6.45) is 1.55. The number of carboxylic acids is 2. The van der Waals surface area contributed by atoms with E-state index in [9.17, 15) is 19.5 Å². The van der Waals surface area contributed by atoms with Gasteiger partial charge in [0, 0.05) is 31.4 Å². The largest absolute Gasteiger partial charge is 0.479 e. The van der Waals surface area contributed by atoms with Gasteiger partial charge in [-0.25, -0.2) is 14.4 Å². The van der Waals surface area contributed by atoms with Crippen molar-refractivity contribution < 1.29 is 29.3 Å². The minimum Gasteiger partial charge on any atom is -0.479 e. The Morgan fingerprint density at radius 2 is 1.78 bits per heavy atom. The highest BCUT2D eigenvalue weighted by molar-refractivity contribution is 7.18. The molecule has 37 heavy (non-hydrogen) atoms. The van der Waals surface area contributed by atoms with Gasteiger partial charge in [-0.3, -0.25) is 0 Å². The Hall–Kier alpha value is -3.76. The first kappa shape index (κ1) is 26.3. The molecule has 1 aliphatic rings. The highest BCUT2D eigenvalue weighted by Gasteiger charge is 2.26. The number of urea groups is 1. The number of benzene rings is 2. The number of nitrogens with one attached hydrogen (secondary N) is 2. The fraction of sp³-hybridized carbons (Fsp3) is 0.269. The van der Waals surface area contributed by atoms with Crippen LogP contribution in [0.25, 0.3) is 10.4 Å². The first-order valence-electron chi connectivity index (χ1n) is 11.7. The molecule has 0 saturated carbocycles. The van der Waals surface area contributed by atoms with E-state index in [-0.39, 0.29) is 27.7 Å². The number of rotatable bonds is 9. The van der Waals surface area contributed by atoms with Crippen LogP contribution in [0.5, 0.6) is 5.75 Å². The number of carbonyl (C=O) groups excluding carboxylic acids is 1. The Morgan fingerprint density at radius 1 is 1.05 bits per heavy atom. The van der Waals surface area contributed by atoms with Gasteiger partial charge in [-0.15, -0.1) is 11.3 Å². The molecule has 1 aromatic heterocycles. The predicted molar refractivity (Wildman–Crippen MR) is 142 cm³/mol. The third-order valence-electron chi connectivity index (χ3n) is 5.91. The quantitative estimate of drug-likeness (QED) is 0.298. The molecule has 4 N–H and O–H groups in total. The third kappa shape index (κ3) is 6.72. The van der Waals surface area contributed by atoms with E-state index in [0.29, 0.717) is 30.1 Å². The summed E-state index contributed by atoms with van der Waals surface area (Å²) in [5, 5.41) is 24.9. The Morgan fingerprint density at radius 3 is 2.46 bits per heavy atom. The number of hydrogen-bond acceptors (Lipinski definition) is 6. The van der Waals surface area contributed by atoms with Gasteiger partial charge in [0.15, 0.2) is 17.2 Å². The minimum absolute atomic E-state index is 0.0654. The highest BCUT2D eigenvalue weighted by Crippen LogP contribution is 2.46. The molecule has 0 atom stereocenters. The van der Waals surface area contributed by atoms with Crippen LogP contribution in [-0.4, -0.2) is 58.8 Å². The molecule has 4 rings (SSSR count). The molecule has 0 spiro atoms. The van der Waals surface area contributed by atoms with Crippen molar-refractivity contribution in [2.45, 2.75) is 25.4 Å². The molecule has 2 amide bonds. The highest BCUT2D eigenvalue weighted by atomic mass is 35.5. The lowest BCUT2D eigenvalue weighted by Crippen LogP contribution is -2.46. The lowest BCUT2D eigenvalue weighted by molar-refractivity contribution is -0.139. The van der Waals surface area contributed by atoms with Crippen LogP contribution in [0, 0.1) is 0 Å². The average molecular weight is 544 g/mol. The first-order chi connectivity index (χ1) is 17.8. The number of hydrogen-bond donors (Lipinski definition) is 4. The number of nitrogens with zero attached hydrogens (tertiary/aromatic N) is 1. The topological polar surface area (TPSA) is 128 Å². The molecule has 0 bridgehead atoms. The Bertz CT molecular complexity index is 1270. The van der Waals surface area contributed by atoms with Gasteiger partial charge in [-0.1, -0.05) is 54.1 Å². The summed E-state index contributed by atoms with van der Waals surface area (Å²) in [6.45, 7) is 1.05. The molecule has 0 radical (unpaired) electrons. The van der Waals surface area contributed by atoms with Crippen LogP contribution >= 0.6 is 22.9 Å². The summed E-state index contributed by atoms with van der Waals surface area (Å²) < 4.78 is 5.16. The van der Waals surface area contributed by atoms with Crippen molar-refractivity contribution in [2.24, 2.45) is 0 Å². The normalized spacial score (nSPS) is 13.7. The van der Waals surface area contributed by atoms with Crippen molar-refractivity contribution >= 4 is 46.6 Å². The van der Waals surface area contributed by atoms with Crippen molar-refractivity contribution in [3.8, 4) is 16.2 Å². The molecular formula is C26H26ClN3O6S. The SMILES string of the molecule is O=C(O)COc1c(C(=O)O)sc(-c2cccc(NC3CCN(C(=O)NCc4ccccc4)CC3)c2)c1Cl. The lowest BCUT2D eigenvalue weighted by Gasteiger charge is -2.33. The van der Waals surface area contributed by atoms with Crippen LogP contribution in [0.4, 0.5) is 10.5 Å². The second-order valence-corrected chi connectivity index (χ2v) is 9.92. The molecule has 1 saturated heterocycles. The van der Waals surface area contributed by atoms with E-state index in [4.69, 9.17) is 21.4 Å². The summed E-state index contributed by atoms with van der Waals surface area (Å²) in [5.74, 6) is -2.62. The van der Waals surface area contributed by atoms with E-state index in [2.05, 4.69) is 10.6 Å². The van der Waals surface area contributed by atoms with Gasteiger partial charge < -0.3 is 30.5 Å². The van der Waals surface area contributed by atoms with E-state index < -0.39 is 18.5 Å². The fourth-order valence-corrected chi connectivity index (χ4v) is 5.49. The number of aliphatic carboxylic acids is 1. The van der Waals surface area contributed by atoms with Crippen LogP contribution < -0.4 is 15.4 Å². The van der Waals surface area contributed by atoms with Crippen molar-refractivity contribution in [1.29, 1.82) is 0 Å². The molecule has 1 fully saturated rings. The van der Waals surface area contributed by atoms with Crippen molar-refractivity contribution in [2.75, 3.05) is 25.0 Å². The maximum atomic E-state index is 12.5. The molecule has 1 aliphatic heterocycles. The van der Waals surface area contributed by atoms with Gasteiger partial charge in [0.25, 0.3) is 0 Å². The number of carbonyl (C=O) groups is 3. The lowest BCUT2D eigenvalue weighted by atomic mass is 10.0. The van der Waals surface area contributed by atoms with E-state index >= 15 is 0 Å². The standard InChI is InChI=1S/C26H26ClN3O6S/c27-21-22(36-15-20(31)32)24(25(33)34)37-23(21)17-7-4-8-19(13-17)29-18-9-11-30(12-10-18)26(35)28-14-16-5-2-1-3-6-16/h1-8,13,18,29H,9-12,14-15H2,(H,28,35)(H,31,32)(H,33,34). The van der Waals surface area contributed by atoms with Gasteiger partial charge in [0.1, 0.15) is 5.02 Å². The molecule has 194 valence electrons. The van der Waals surface area contributed by atoms with Gasteiger partial charge in [0.05, 0.1) is 4.88 Å². The summed E-state index contributed by atoms with van der Waals surface area (Å²) in [4.78, 5) is 37.2. The second kappa shape index (κ2) is 12.0. The molecule has 0 unspecified atom stereocenters. The van der Waals surface area contributed by atoms with E-state index in [1.54, 1.807) is 6.07 Å². The maximum absolute atomic E-state index is 12.5. The zero-order chi connectivity index (χ0) is 26.4. The second-order valence-electron chi connectivity index (χ2n) is 8.52. The monoisotopic (exact) mass is 543 g/mol. The van der Waals surface area contributed by atoms with Gasteiger partial charge >= 0.3 is 18.0 Å². The minimum atomic E-state index is -1.24. The van der Waals surface area contributed by atoms with Crippen LogP contribution in [-0.2, 0) is 11.3 Å². The third-order valence-corrected chi connectivity index (χ3v) is 7.59. The maximum Gasteiger partial charge on any atom is 0.349 e. The smallest absolute Gasteiger partial charge is 0.349 e. The van der Waals surface area contributed by atoms with Crippen molar-refractivity contribution in [1.82, 2.24) is 10.2 Å². The van der Waals surface area contributed by atoms with Crippen LogP contribution in [0.2, 0.25) is 5.02 Å². The molecule has 9 nitrogen and oxygen atoms in total. The van der Waals surface area contributed by atoms with E-state index in [1.165, 1.54) is 0 Å². The molecule has 2 heterocycles. The number of piperidine rings is 1. The zero-order valence-corrected chi connectivity index (χ0v) is 21.3. The van der Waals surface area contributed by atoms with Crippen LogP contribution in [0.1, 0.15) is 28.1 Å². The number of carboxylic acid groups (broad SMARTS) is 2. The summed E-state index contributed by atoms with van der Waals surface area (Å²) in [7, 11) is 0. The van der Waals surface area contributed by atoms with E-state index in [0.717, 1.165) is 35.4 Å². The summed E-state index contributed by atoms with van der Waals surface area (Å²) >= 11 is 7.34. The molecular weight excluding hydrogens is 518 g/mol. The molecule has 11 heteroatoms. The number of anilines is 1. The first-order valence-corrected chi connectivity index (χ1v) is 12.8. The van der Waals surface area contributed by atoms with Crippen molar-refractivity contribution in [3.63, 3.8) is 0 Å². The van der Waals surface area contributed by atoms with Crippen LogP contribution in [0.15, 0.2) is 54.6 Å². The summed E-state index contributed by atoms with van der Waals surface area (Å²) in [5.41, 5.74) is 2.57. The predicted octanol–water partition coefficient (Wildman–Crippen LogP) is 5.02. The Labute approximate surface area is 222 Å². The van der Waals surface area contributed by atoms with Gasteiger partial charge in [-0.05, 0) is 36.1 Å². The number of aromatic carboxylic acids is 1. The van der Waals surface area contributed by atoms with Crippen molar-refractivity contribution in [3.05, 3.63) is 70.1 Å². The zero-order valence-electron chi connectivity index (χ0n) is 19.8.